The maximum atomic E-state index is 13.7. The molecule has 9 nitrogen and oxygen atoms in total. The maximum Gasteiger partial charge on any atom is 0.416 e. The molecule has 1 aromatic heterocycles. The standard InChI is InChI=1S/C22H23F3N4O5/c1-13(31)18(15-4-2-3-5-16(15)22(23,24)25)20-21(29(32)33)19(27-11-28-20)17(34-12-30)10-14-6-8-26-9-7-14/h2-5,11-12,14,17-18,26H,6-10H2,1H3. The summed E-state index contributed by atoms with van der Waals surface area (Å²) in [4.78, 5) is 42.9. The van der Waals surface area contributed by atoms with Crippen LogP contribution in [0.4, 0.5) is 18.9 Å². The summed E-state index contributed by atoms with van der Waals surface area (Å²) < 4.78 is 46.2. The Hall–Kier alpha value is -3.41. The van der Waals surface area contributed by atoms with Gasteiger partial charge in [-0.1, -0.05) is 18.2 Å². The molecular formula is C22H23F3N4O5. The number of alkyl halides is 3. The molecule has 1 fully saturated rings. The SMILES string of the molecule is CC(=O)C(c1ccccc1C(F)(F)F)c1ncnc(C(CC2CCNCC2)OC=O)c1[N+](=O)[O-]. The molecule has 0 amide bonds. The first-order valence-electron chi connectivity index (χ1n) is 10.6. The van der Waals surface area contributed by atoms with Crippen LogP contribution in [0.2, 0.25) is 0 Å². The van der Waals surface area contributed by atoms with Gasteiger partial charge in [0.2, 0.25) is 0 Å². The van der Waals surface area contributed by atoms with E-state index in [0.717, 1.165) is 57.4 Å². The van der Waals surface area contributed by atoms with Crippen molar-refractivity contribution in [1.82, 2.24) is 15.3 Å². The van der Waals surface area contributed by atoms with Crippen LogP contribution >= 0.6 is 0 Å². The monoisotopic (exact) mass is 480 g/mol. The first-order valence-corrected chi connectivity index (χ1v) is 10.6. The van der Waals surface area contributed by atoms with Crippen molar-refractivity contribution >= 4 is 17.9 Å². The van der Waals surface area contributed by atoms with E-state index in [1.165, 1.54) is 6.07 Å². The predicted molar refractivity (Wildman–Crippen MR) is 113 cm³/mol. The summed E-state index contributed by atoms with van der Waals surface area (Å²) in [5.41, 5.74) is -3.03. The molecule has 3 rings (SSSR count). The van der Waals surface area contributed by atoms with Crippen molar-refractivity contribution < 1.29 is 32.4 Å². The average molecular weight is 480 g/mol. The largest absolute Gasteiger partial charge is 0.458 e. The number of ketones is 1. The van der Waals surface area contributed by atoms with E-state index in [-0.39, 0.29) is 24.5 Å². The lowest BCUT2D eigenvalue weighted by Crippen LogP contribution is -2.29. The lowest BCUT2D eigenvalue weighted by molar-refractivity contribution is -0.387. The van der Waals surface area contributed by atoms with Gasteiger partial charge in [0.15, 0.2) is 11.8 Å². The molecule has 1 aliphatic rings. The van der Waals surface area contributed by atoms with Gasteiger partial charge in [-0.3, -0.25) is 19.7 Å². The highest BCUT2D eigenvalue weighted by Gasteiger charge is 2.41. The van der Waals surface area contributed by atoms with Crippen LogP contribution in [-0.4, -0.2) is 40.2 Å². The van der Waals surface area contributed by atoms with E-state index < -0.39 is 51.4 Å². The van der Waals surface area contributed by atoms with Gasteiger partial charge in [0.05, 0.1) is 16.4 Å². The second-order valence-corrected chi connectivity index (χ2v) is 8.03. The minimum atomic E-state index is -4.80. The Morgan fingerprint density at radius 1 is 1.26 bits per heavy atom. The van der Waals surface area contributed by atoms with E-state index in [1.54, 1.807) is 0 Å². The summed E-state index contributed by atoms with van der Waals surface area (Å²) in [5.74, 6) is -2.36. The highest BCUT2D eigenvalue weighted by Crippen LogP contribution is 2.42. The second kappa shape index (κ2) is 10.7. The van der Waals surface area contributed by atoms with Gasteiger partial charge in [-0.2, -0.15) is 13.2 Å². The van der Waals surface area contributed by atoms with Crippen LogP contribution in [0.25, 0.3) is 0 Å². The van der Waals surface area contributed by atoms with Crippen LogP contribution in [0.1, 0.15) is 60.7 Å². The number of Topliss-reactive ketones (excluding diaryl/α,β-unsaturated/α-hetero) is 1. The molecule has 0 radical (unpaired) electrons. The molecule has 0 spiro atoms. The first kappa shape index (κ1) is 25.2. The normalized spacial score (nSPS) is 16.5. The van der Waals surface area contributed by atoms with E-state index in [0.29, 0.717) is 0 Å². The van der Waals surface area contributed by atoms with Crippen molar-refractivity contribution in [2.24, 2.45) is 5.92 Å². The molecule has 0 bridgehead atoms. The van der Waals surface area contributed by atoms with E-state index >= 15 is 0 Å². The highest BCUT2D eigenvalue weighted by molar-refractivity contribution is 5.88. The fraction of sp³-hybridized carbons (Fsp3) is 0.455. The van der Waals surface area contributed by atoms with Gasteiger partial charge in [0, 0.05) is 0 Å². The van der Waals surface area contributed by atoms with Gasteiger partial charge >= 0.3 is 11.9 Å². The van der Waals surface area contributed by atoms with Crippen LogP contribution in [0, 0.1) is 16.0 Å². The maximum absolute atomic E-state index is 13.7. The number of aromatic nitrogens is 2. The van der Waals surface area contributed by atoms with Gasteiger partial charge in [0.1, 0.15) is 17.8 Å². The van der Waals surface area contributed by atoms with Crippen molar-refractivity contribution in [3.05, 3.63) is 63.2 Å². The number of hydrogen-bond donors (Lipinski definition) is 1. The zero-order valence-corrected chi connectivity index (χ0v) is 18.2. The molecule has 0 aliphatic carbocycles. The van der Waals surface area contributed by atoms with E-state index in [1.807, 2.05) is 0 Å². The summed E-state index contributed by atoms with van der Waals surface area (Å²) in [6.45, 7) is 2.66. The lowest BCUT2D eigenvalue weighted by Gasteiger charge is -2.26. The number of benzene rings is 1. The van der Waals surface area contributed by atoms with Gasteiger partial charge < -0.3 is 10.1 Å². The van der Waals surface area contributed by atoms with Crippen molar-refractivity contribution in [3.63, 3.8) is 0 Å². The third kappa shape index (κ3) is 5.56. The number of piperidine rings is 1. The number of carbonyl (C=O) groups excluding carboxylic acids is 2. The molecule has 0 saturated carbocycles. The second-order valence-electron chi connectivity index (χ2n) is 8.03. The molecule has 2 aromatic rings. The Kier molecular flexibility index (Phi) is 7.92. The minimum Gasteiger partial charge on any atom is -0.458 e. The van der Waals surface area contributed by atoms with Gasteiger partial charge in [-0.05, 0) is 56.8 Å². The molecule has 1 saturated heterocycles. The molecule has 12 heteroatoms. The summed E-state index contributed by atoms with van der Waals surface area (Å²) in [6, 6.07) is 4.36. The number of rotatable bonds is 9. The molecule has 2 heterocycles. The van der Waals surface area contributed by atoms with E-state index in [2.05, 4.69) is 15.3 Å². The van der Waals surface area contributed by atoms with Crippen molar-refractivity contribution in [2.75, 3.05) is 13.1 Å². The Labute approximate surface area is 192 Å². The fourth-order valence-electron chi connectivity index (χ4n) is 4.33. The van der Waals surface area contributed by atoms with E-state index in [4.69, 9.17) is 4.74 Å². The van der Waals surface area contributed by atoms with Crippen molar-refractivity contribution in [1.29, 1.82) is 0 Å². The molecular weight excluding hydrogens is 457 g/mol. The number of carbonyl (C=O) groups is 2. The number of nitro groups is 1. The molecule has 34 heavy (non-hydrogen) atoms. The molecule has 1 N–H and O–H groups in total. The molecule has 2 atom stereocenters. The summed E-state index contributed by atoms with van der Waals surface area (Å²) in [5, 5.41) is 15.3. The third-order valence-corrected chi connectivity index (χ3v) is 5.85. The third-order valence-electron chi connectivity index (χ3n) is 5.85. The summed E-state index contributed by atoms with van der Waals surface area (Å²) >= 11 is 0. The lowest BCUT2D eigenvalue weighted by atomic mass is 9.86. The topological polar surface area (TPSA) is 124 Å². The Balaban J connectivity index is 2.16. The zero-order valence-electron chi connectivity index (χ0n) is 18.2. The fourth-order valence-corrected chi connectivity index (χ4v) is 4.33. The molecule has 1 aliphatic heterocycles. The Bertz CT molecular complexity index is 1060. The van der Waals surface area contributed by atoms with Gasteiger partial charge in [0.25, 0.3) is 6.47 Å². The van der Waals surface area contributed by atoms with Gasteiger partial charge in [-0.25, -0.2) is 9.97 Å². The Morgan fingerprint density at radius 2 is 1.91 bits per heavy atom. The molecule has 2 unspecified atom stereocenters. The number of nitrogens with one attached hydrogen (secondary N) is 1. The summed E-state index contributed by atoms with van der Waals surface area (Å²) in [6.07, 6.45) is -3.24. The van der Waals surface area contributed by atoms with Crippen LogP contribution in [0.3, 0.4) is 0 Å². The van der Waals surface area contributed by atoms with Crippen LogP contribution in [0.15, 0.2) is 30.6 Å². The predicted octanol–water partition coefficient (Wildman–Crippen LogP) is 3.73. The number of nitrogens with zero attached hydrogens (tertiary/aromatic N) is 3. The highest BCUT2D eigenvalue weighted by atomic mass is 19.4. The zero-order chi connectivity index (χ0) is 24.9. The quantitative estimate of drug-likeness (QED) is 0.327. The molecule has 182 valence electrons. The first-order chi connectivity index (χ1) is 16.1. The number of ether oxygens (including phenoxy) is 1. The van der Waals surface area contributed by atoms with Crippen LogP contribution in [-0.2, 0) is 20.5 Å². The van der Waals surface area contributed by atoms with Crippen molar-refractivity contribution in [3.8, 4) is 0 Å². The van der Waals surface area contributed by atoms with E-state index in [9.17, 15) is 32.9 Å². The average Bonchev–Trinajstić information content (AvgIpc) is 2.79. The smallest absolute Gasteiger partial charge is 0.416 e. The van der Waals surface area contributed by atoms with Gasteiger partial charge in [-0.15, -0.1) is 0 Å². The Morgan fingerprint density at radius 3 is 2.50 bits per heavy atom. The van der Waals surface area contributed by atoms with Crippen molar-refractivity contribution in [2.45, 2.75) is 44.4 Å². The summed E-state index contributed by atoms with van der Waals surface area (Å²) in [7, 11) is 0. The number of hydrogen-bond acceptors (Lipinski definition) is 8. The van der Waals surface area contributed by atoms with Crippen LogP contribution in [0.5, 0.6) is 0 Å². The number of halogens is 3. The minimum absolute atomic E-state index is 0.0822. The van der Waals surface area contributed by atoms with Crippen LogP contribution < -0.4 is 5.32 Å². The molecule has 1 aromatic carbocycles.